The quantitative estimate of drug-likeness (QED) is 0.749. The predicted octanol–water partition coefficient (Wildman–Crippen LogP) is 3.37. The number of aromatic hydroxyl groups is 1. The van der Waals surface area contributed by atoms with E-state index in [-0.39, 0.29) is 11.3 Å². The molecular weight excluding hydrogens is 262 g/mol. The molecule has 1 aromatic heterocycles. The maximum Gasteiger partial charge on any atom is 0.335 e. The number of thiazole rings is 1. The second-order valence-corrected chi connectivity index (χ2v) is 5.05. The zero-order chi connectivity index (χ0) is 13.4. The predicted molar refractivity (Wildman–Crippen MR) is 73.7 cm³/mol. The maximum absolute atomic E-state index is 10.9. The van der Waals surface area contributed by atoms with E-state index in [1.54, 1.807) is 30.3 Å². The van der Waals surface area contributed by atoms with Gasteiger partial charge in [-0.25, -0.2) is 9.78 Å². The van der Waals surface area contributed by atoms with Gasteiger partial charge in [-0.2, -0.15) is 0 Å². The lowest BCUT2D eigenvalue weighted by molar-refractivity contribution is 0.0697. The molecule has 0 aliphatic carbocycles. The van der Waals surface area contributed by atoms with Gasteiger partial charge in [-0.15, -0.1) is 11.3 Å². The van der Waals surface area contributed by atoms with Gasteiger partial charge in [-0.1, -0.05) is 12.1 Å². The summed E-state index contributed by atoms with van der Waals surface area (Å²) < 4.78 is 0.790. The van der Waals surface area contributed by atoms with Gasteiger partial charge in [0.05, 0.1) is 21.3 Å². The standard InChI is InChI=1S/C14H9NO3S/c16-11-4-2-1-3-9(11)13-15-10-6-5-8(14(17)18)7-12(10)19-13/h1-7,16H,(H,17,18). The molecule has 0 atom stereocenters. The molecule has 3 rings (SSSR count). The van der Waals surface area contributed by atoms with E-state index >= 15 is 0 Å². The Labute approximate surface area is 112 Å². The number of phenolic OH excluding ortho intramolecular Hbond substituents is 1. The number of nitrogens with zero attached hydrogens (tertiary/aromatic N) is 1. The first kappa shape index (κ1) is 11.7. The summed E-state index contributed by atoms with van der Waals surface area (Å²) in [6.07, 6.45) is 0. The summed E-state index contributed by atoms with van der Waals surface area (Å²) in [7, 11) is 0. The van der Waals surface area contributed by atoms with Crippen molar-refractivity contribution in [3.8, 4) is 16.3 Å². The average molecular weight is 271 g/mol. The van der Waals surface area contributed by atoms with Crippen LogP contribution in [0.3, 0.4) is 0 Å². The van der Waals surface area contributed by atoms with Crippen LogP contribution in [0.1, 0.15) is 10.4 Å². The molecule has 2 aromatic carbocycles. The summed E-state index contributed by atoms with van der Waals surface area (Å²) in [5.41, 5.74) is 1.62. The van der Waals surface area contributed by atoms with Crippen molar-refractivity contribution >= 4 is 27.5 Å². The number of phenols is 1. The molecule has 94 valence electrons. The van der Waals surface area contributed by atoms with Crippen LogP contribution in [-0.2, 0) is 0 Å². The molecule has 3 aromatic rings. The molecule has 0 radical (unpaired) electrons. The zero-order valence-corrected chi connectivity index (χ0v) is 10.5. The fourth-order valence-corrected chi connectivity index (χ4v) is 2.87. The van der Waals surface area contributed by atoms with Crippen LogP contribution in [-0.4, -0.2) is 21.2 Å². The summed E-state index contributed by atoms with van der Waals surface area (Å²) in [5, 5.41) is 19.4. The molecule has 0 saturated heterocycles. The minimum atomic E-state index is -0.959. The van der Waals surface area contributed by atoms with E-state index in [2.05, 4.69) is 4.98 Å². The number of aromatic nitrogens is 1. The molecule has 19 heavy (non-hydrogen) atoms. The number of para-hydroxylation sites is 1. The molecule has 1 heterocycles. The molecule has 4 nitrogen and oxygen atoms in total. The molecule has 5 heteroatoms. The fourth-order valence-electron chi connectivity index (χ4n) is 1.83. The monoisotopic (exact) mass is 271 g/mol. The van der Waals surface area contributed by atoms with Gasteiger partial charge < -0.3 is 10.2 Å². The Hall–Kier alpha value is -2.40. The van der Waals surface area contributed by atoms with Crippen LogP contribution < -0.4 is 0 Å². The molecule has 0 aliphatic heterocycles. The normalized spacial score (nSPS) is 10.7. The largest absolute Gasteiger partial charge is 0.507 e. The van der Waals surface area contributed by atoms with E-state index in [1.807, 2.05) is 6.07 Å². The lowest BCUT2D eigenvalue weighted by Gasteiger charge is -1.98. The van der Waals surface area contributed by atoms with Crippen molar-refractivity contribution in [2.24, 2.45) is 0 Å². The Morgan fingerprint density at radius 1 is 1.16 bits per heavy atom. The van der Waals surface area contributed by atoms with Crippen LogP contribution in [0.2, 0.25) is 0 Å². The lowest BCUT2D eigenvalue weighted by atomic mass is 10.2. The Morgan fingerprint density at radius 2 is 1.95 bits per heavy atom. The number of carboxylic acid groups (broad SMARTS) is 1. The second-order valence-electron chi connectivity index (χ2n) is 4.02. The summed E-state index contributed by atoms with van der Waals surface area (Å²) in [4.78, 5) is 15.3. The average Bonchev–Trinajstić information content (AvgIpc) is 2.81. The first-order valence-electron chi connectivity index (χ1n) is 5.57. The van der Waals surface area contributed by atoms with Crippen molar-refractivity contribution < 1.29 is 15.0 Å². The highest BCUT2D eigenvalue weighted by atomic mass is 32.1. The van der Waals surface area contributed by atoms with Crippen molar-refractivity contribution in [2.45, 2.75) is 0 Å². The van der Waals surface area contributed by atoms with Gasteiger partial charge in [0.1, 0.15) is 10.8 Å². The number of carbonyl (C=O) groups is 1. The Morgan fingerprint density at radius 3 is 2.68 bits per heavy atom. The number of carboxylic acids is 1. The number of benzene rings is 2. The van der Waals surface area contributed by atoms with Gasteiger partial charge in [0.25, 0.3) is 0 Å². The van der Waals surface area contributed by atoms with Crippen LogP contribution >= 0.6 is 11.3 Å². The van der Waals surface area contributed by atoms with Crippen LogP contribution in [0.15, 0.2) is 42.5 Å². The highest BCUT2D eigenvalue weighted by molar-refractivity contribution is 7.21. The van der Waals surface area contributed by atoms with E-state index in [1.165, 1.54) is 17.4 Å². The summed E-state index contributed by atoms with van der Waals surface area (Å²) in [6.45, 7) is 0. The number of fused-ring (bicyclic) bond motifs is 1. The molecule has 0 aliphatic rings. The third-order valence-electron chi connectivity index (χ3n) is 2.77. The Balaban J connectivity index is 2.17. The fraction of sp³-hybridized carbons (Fsp3) is 0. The van der Waals surface area contributed by atoms with Crippen LogP contribution in [0.25, 0.3) is 20.8 Å². The molecular formula is C14H9NO3S. The third kappa shape index (κ3) is 2.04. The van der Waals surface area contributed by atoms with E-state index < -0.39 is 5.97 Å². The Kier molecular flexibility index (Phi) is 2.68. The van der Waals surface area contributed by atoms with Crippen molar-refractivity contribution in [2.75, 3.05) is 0 Å². The molecule has 2 N–H and O–H groups in total. The molecule has 0 amide bonds. The summed E-state index contributed by atoms with van der Waals surface area (Å²) >= 11 is 1.36. The van der Waals surface area contributed by atoms with Gasteiger partial charge in [0.15, 0.2) is 0 Å². The van der Waals surface area contributed by atoms with Crippen LogP contribution in [0.5, 0.6) is 5.75 Å². The number of hydrogen-bond acceptors (Lipinski definition) is 4. The highest BCUT2D eigenvalue weighted by Crippen LogP contribution is 2.35. The van der Waals surface area contributed by atoms with E-state index in [9.17, 15) is 9.90 Å². The van der Waals surface area contributed by atoms with Crippen LogP contribution in [0, 0.1) is 0 Å². The smallest absolute Gasteiger partial charge is 0.335 e. The van der Waals surface area contributed by atoms with Gasteiger partial charge in [0, 0.05) is 0 Å². The Bertz CT molecular complexity index is 779. The number of aromatic carboxylic acids is 1. The minimum absolute atomic E-state index is 0.167. The topological polar surface area (TPSA) is 70.4 Å². The van der Waals surface area contributed by atoms with E-state index in [4.69, 9.17) is 5.11 Å². The molecule has 0 bridgehead atoms. The SMILES string of the molecule is O=C(O)c1ccc2nc(-c3ccccc3O)sc2c1. The molecule has 0 unspecified atom stereocenters. The minimum Gasteiger partial charge on any atom is -0.507 e. The lowest BCUT2D eigenvalue weighted by Crippen LogP contribution is -1.94. The second kappa shape index (κ2) is 4.37. The van der Waals surface area contributed by atoms with E-state index in [0.29, 0.717) is 10.6 Å². The molecule has 0 fully saturated rings. The molecule has 0 saturated carbocycles. The third-order valence-corrected chi connectivity index (χ3v) is 3.82. The van der Waals surface area contributed by atoms with Crippen LogP contribution in [0.4, 0.5) is 0 Å². The van der Waals surface area contributed by atoms with Crippen molar-refractivity contribution in [1.82, 2.24) is 4.98 Å². The van der Waals surface area contributed by atoms with Gasteiger partial charge >= 0.3 is 5.97 Å². The van der Waals surface area contributed by atoms with Gasteiger partial charge in [0.2, 0.25) is 0 Å². The highest BCUT2D eigenvalue weighted by Gasteiger charge is 2.11. The van der Waals surface area contributed by atoms with Crippen molar-refractivity contribution in [3.05, 3.63) is 48.0 Å². The van der Waals surface area contributed by atoms with Crippen molar-refractivity contribution in [1.29, 1.82) is 0 Å². The number of hydrogen-bond donors (Lipinski definition) is 2. The first-order chi connectivity index (χ1) is 9.15. The van der Waals surface area contributed by atoms with E-state index in [0.717, 1.165) is 10.2 Å². The maximum atomic E-state index is 10.9. The summed E-state index contributed by atoms with van der Waals surface area (Å²) in [6, 6.07) is 11.8. The number of rotatable bonds is 2. The van der Waals surface area contributed by atoms with Gasteiger partial charge in [-0.05, 0) is 30.3 Å². The van der Waals surface area contributed by atoms with Crippen molar-refractivity contribution in [3.63, 3.8) is 0 Å². The van der Waals surface area contributed by atoms with Gasteiger partial charge in [-0.3, -0.25) is 0 Å². The molecule has 0 spiro atoms. The first-order valence-corrected chi connectivity index (χ1v) is 6.39. The summed E-state index contributed by atoms with van der Waals surface area (Å²) in [5.74, 6) is -0.792. The zero-order valence-electron chi connectivity index (χ0n) is 9.70.